The number of carbonyl (C=O) groups is 5. The molecule has 2 aromatic carbocycles. The first-order valence-corrected chi connectivity index (χ1v) is 16.2. The molecule has 0 unspecified atom stereocenters. The molecule has 0 aromatic heterocycles. The zero-order valence-electron chi connectivity index (χ0n) is 27.9. The van der Waals surface area contributed by atoms with Crippen molar-refractivity contribution < 1.29 is 74.8 Å². The van der Waals surface area contributed by atoms with Crippen molar-refractivity contribution in [2.75, 3.05) is 19.6 Å². The van der Waals surface area contributed by atoms with E-state index in [0.717, 1.165) is 12.1 Å². The molecule has 0 saturated heterocycles. The predicted octanol–water partition coefficient (Wildman–Crippen LogP) is 0.202. The van der Waals surface area contributed by atoms with Crippen LogP contribution in [0.2, 0.25) is 0 Å². The van der Waals surface area contributed by atoms with Crippen LogP contribution in [0.15, 0.2) is 24.3 Å². The number of carboxylic acids is 1. The molecule has 7 N–H and O–H groups in total. The van der Waals surface area contributed by atoms with Crippen molar-refractivity contribution in [1.82, 2.24) is 21.3 Å². The van der Waals surface area contributed by atoms with Crippen molar-refractivity contribution >= 4 is 54.8 Å². The molecule has 2 heterocycles. The van der Waals surface area contributed by atoms with E-state index in [9.17, 15) is 60.4 Å². The number of unbranched alkanes of at least 4 members (excludes halogenated alkanes) is 1. The number of halogens is 6. The third-order valence-corrected chi connectivity index (χ3v) is 8.55. The summed E-state index contributed by atoms with van der Waals surface area (Å²) < 4.78 is 92.5. The third-order valence-electron chi connectivity index (χ3n) is 8.55. The molecule has 0 saturated carbocycles. The Hall–Kier alpha value is -4.66. The number of carbonyl (C=O) groups excluding carboxylic acids is 4. The van der Waals surface area contributed by atoms with E-state index < -0.39 is 116 Å². The minimum Gasteiger partial charge on any atom is -0.481 e. The fourth-order valence-electron chi connectivity index (χ4n) is 5.61. The number of hydrogen-bond acceptors (Lipinski definition) is 9. The number of rotatable bonds is 15. The van der Waals surface area contributed by atoms with Gasteiger partial charge in [0.25, 0.3) is 11.8 Å². The van der Waals surface area contributed by atoms with Gasteiger partial charge in [-0.15, -0.1) is 0 Å². The Morgan fingerprint density at radius 1 is 0.774 bits per heavy atom. The molecule has 14 nitrogen and oxygen atoms in total. The summed E-state index contributed by atoms with van der Waals surface area (Å²) in [6.45, 7) is -0.534. The molecule has 2 atom stereocenters. The molecule has 286 valence electrons. The second-order valence-electron chi connectivity index (χ2n) is 12.4. The first kappa shape index (κ1) is 41.1. The van der Waals surface area contributed by atoms with Crippen LogP contribution >= 0.6 is 0 Å². The molecular formula is C31H34B2F6N4O10. The summed E-state index contributed by atoms with van der Waals surface area (Å²) in [4.78, 5) is 62.7. The molecule has 0 radical (unpaired) electrons. The number of fused-ring (bicyclic) bond motifs is 2. The minimum atomic E-state index is -4.97. The second kappa shape index (κ2) is 17.0. The molecule has 2 aliphatic rings. The summed E-state index contributed by atoms with van der Waals surface area (Å²) in [5.74, 6) is -5.49. The first-order chi connectivity index (χ1) is 24.8. The fraction of sp³-hybridized carbons (Fsp3) is 0.452. The second-order valence-corrected chi connectivity index (χ2v) is 12.4. The van der Waals surface area contributed by atoms with Crippen LogP contribution in [0, 0.1) is 5.92 Å². The van der Waals surface area contributed by atoms with Crippen LogP contribution in [0.5, 0.6) is 0 Å². The number of carboxylic acid groups (broad SMARTS) is 1. The highest BCUT2D eigenvalue weighted by Gasteiger charge is 2.42. The lowest BCUT2D eigenvalue weighted by atomic mass is 9.77. The number of alkyl halides is 6. The SMILES string of the molecule is C[C@@H](CCCCNC(=O)CCNC(=O)[C@H](CNC(=O)c1cc2c(c(C(F)(F)F)c1)COB2O)NC(=O)c1cc2c(c(C(F)(F)F)c1)COB2O)C(=O)O. The quantitative estimate of drug-likeness (QED) is 0.0745. The largest absolute Gasteiger partial charge is 0.491 e. The summed E-state index contributed by atoms with van der Waals surface area (Å²) in [7, 11) is -3.54. The van der Waals surface area contributed by atoms with Crippen LogP contribution in [0.3, 0.4) is 0 Å². The third kappa shape index (κ3) is 10.5. The van der Waals surface area contributed by atoms with Gasteiger partial charge in [-0.25, -0.2) is 0 Å². The Labute approximate surface area is 298 Å². The van der Waals surface area contributed by atoms with E-state index in [-0.39, 0.29) is 36.0 Å². The molecule has 0 spiro atoms. The van der Waals surface area contributed by atoms with Crippen molar-refractivity contribution in [2.45, 2.75) is 64.2 Å². The van der Waals surface area contributed by atoms with Crippen LogP contribution in [-0.2, 0) is 49.3 Å². The summed E-state index contributed by atoms with van der Waals surface area (Å²) in [5, 5.41) is 38.3. The van der Waals surface area contributed by atoms with Crippen molar-refractivity contribution in [3.63, 3.8) is 0 Å². The van der Waals surface area contributed by atoms with E-state index in [4.69, 9.17) is 14.4 Å². The molecule has 22 heteroatoms. The maximum atomic E-state index is 13.8. The highest BCUT2D eigenvalue weighted by Crippen LogP contribution is 2.35. The summed E-state index contributed by atoms with van der Waals surface area (Å²) in [5.41, 5.74) is -5.22. The lowest BCUT2D eigenvalue weighted by molar-refractivity contribution is -0.141. The molecule has 4 amide bonds. The molecule has 0 fully saturated rings. The van der Waals surface area contributed by atoms with Gasteiger partial charge in [-0.1, -0.05) is 13.3 Å². The number of aliphatic carboxylic acids is 1. The summed E-state index contributed by atoms with van der Waals surface area (Å²) in [6.07, 6.45) is -8.79. The zero-order valence-corrected chi connectivity index (χ0v) is 27.9. The average Bonchev–Trinajstić information content (AvgIpc) is 3.65. The molecule has 2 aliphatic heterocycles. The van der Waals surface area contributed by atoms with Gasteiger partial charge in [-0.3, -0.25) is 24.0 Å². The molecule has 53 heavy (non-hydrogen) atoms. The number of benzene rings is 2. The maximum Gasteiger partial charge on any atom is 0.491 e. The Morgan fingerprint density at radius 2 is 1.30 bits per heavy atom. The van der Waals surface area contributed by atoms with E-state index >= 15 is 0 Å². The first-order valence-electron chi connectivity index (χ1n) is 16.2. The van der Waals surface area contributed by atoms with Crippen molar-refractivity contribution in [1.29, 1.82) is 0 Å². The smallest absolute Gasteiger partial charge is 0.481 e. The highest BCUT2D eigenvalue weighted by molar-refractivity contribution is 6.62. The number of amides is 4. The molecule has 0 bridgehead atoms. The highest BCUT2D eigenvalue weighted by atomic mass is 19.4. The van der Waals surface area contributed by atoms with Gasteiger partial charge in [-0.2, -0.15) is 26.3 Å². The average molecular weight is 758 g/mol. The van der Waals surface area contributed by atoms with E-state index in [1.807, 2.05) is 0 Å². The van der Waals surface area contributed by atoms with Crippen LogP contribution in [-0.4, -0.2) is 84.7 Å². The van der Waals surface area contributed by atoms with E-state index in [0.29, 0.717) is 31.4 Å². The van der Waals surface area contributed by atoms with Gasteiger partial charge in [0, 0.05) is 37.2 Å². The molecule has 4 rings (SSSR count). The van der Waals surface area contributed by atoms with E-state index in [2.05, 4.69) is 21.3 Å². The van der Waals surface area contributed by atoms with Crippen LogP contribution in [0.4, 0.5) is 26.3 Å². The minimum absolute atomic E-state index is 0.214. The van der Waals surface area contributed by atoms with E-state index in [1.54, 1.807) is 6.92 Å². The van der Waals surface area contributed by atoms with Crippen LogP contribution < -0.4 is 32.2 Å². The standard InChI is InChI=1S/C31H34B2F6N4O10/c1-15(29(48)49)4-2-3-6-40-25(44)5-7-41-28(47)24(43-27(46)17-9-21(31(37,38)39)19-14-53-33(51)23(19)11-17)12-42-26(45)16-8-20(30(34,35)36)18-13-52-32(50)22(18)10-16/h8-11,15,24,50-51H,2-7,12-14H2,1H3,(H,40,44)(H,41,47)(H,42,45)(H,43,46)(H,48,49)/t15-,24-/m0/s1. The Kier molecular flexibility index (Phi) is 13.2. The van der Waals surface area contributed by atoms with Crippen LogP contribution in [0.1, 0.15) is 75.6 Å². The summed E-state index contributed by atoms with van der Waals surface area (Å²) >= 11 is 0. The van der Waals surface area contributed by atoms with Gasteiger partial charge in [0.1, 0.15) is 6.04 Å². The normalized spacial score (nSPS) is 15.0. The van der Waals surface area contributed by atoms with E-state index in [1.165, 1.54) is 0 Å². The summed E-state index contributed by atoms with van der Waals surface area (Å²) in [6, 6.07) is 1.10. The van der Waals surface area contributed by atoms with Gasteiger partial charge in [0.05, 0.1) is 30.3 Å². The maximum absolute atomic E-state index is 13.8. The monoisotopic (exact) mass is 758 g/mol. The fourth-order valence-corrected chi connectivity index (χ4v) is 5.61. The molecular weight excluding hydrogens is 724 g/mol. The topological polar surface area (TPSA) is 213 Å². The van der Waals surface area contributed by atoms with Crippen molar-refractivity contribution in [3.8, 4) is 0 Å². The van der Waals surface area contributed by atoms with Gasteiger partial charge in [-0.05, 0) is 59.2 Å². The zero-order chi connectivity index (χ0) is 39.2. The Morgan fingerprint density at radius 3 is 1.81 bits per heavy atom. The van der Waals surface area contributed by atoms with Crippen LogP contribution in [0.25, 0.3) is 0 Å². The van der Waals surface area contributed by atoms with Gasteiger partial charge < -0.3 is 45.7 Å². The number of nitrogens with one attached hydrogen (secondary N) is 4. The number of hydrogen-bond donors (Lipinski definition) is 7. The lowest BCUT2D eigenvalue weighted by Gasteiger charge is -2.21. The van der Waals surface area contributed by atoms with Gasteiger partial charge in [0.15, 0.2) is 0 Å². The van der Waals surface area contributed by atoms with Crippen molar-refractivity contribution in [3.05, 3.63) is 57.6 Å². The van der Waals surface area contributed by atoms with Gasteiger partial charge >= 0.3 is 32.6 Å². The Balaban J connectivity index is 1.48. The van der Waals surface area contributed by atoms with Crippen molar-refractivity contribution in [2.24, 2.45) is 5.92 Å². The van der Waals surface area contributed by atoms with Gasteiger partial charge in [0.2, 0.25) is 11.8 Å². The molecule has 0 aliphatic carbocycles. The predicted molar refractivity (Wildman–Crippen MR) is 173 cm³/mol. The Bertz CT molecular complexity index is 1750. The molecule has 2 aromatic rings. The lowest BCUT2D eigenvalue weighted by Crippen LogP contribution is -2.53.